The second-order valence-electron chi connectivity index (χ2n) is 7.85. The highest BCUT2D eigenvalue weighted by Gasteiger charge is 2.25. The molecule has 0 N–H and O–H groups in total. The van der Waals surface area contributed by atoms with Gasteiger partial charge in [0.2, 0.25) is 0 Å². The van der Waals surface area contributed by atoms with Crippen molar-refractivity contribution in [2.24, 2.45) is 10.8 Å². The van der Waals surface area contributed by atoms with Crippen LogP contribution in [0.3, 0.4) is 0 Å². The average Bonchev–Trinajstić information content (AvgIpc) is 2.24. The molecule has 0 bridgehead atoms. The van der Waals surface area contributed by atoms with Gasteiger partial charge in [0.1, 0.15) is 0 Å². The molecule has 0 spiro atoms. The van der Waals surface area contributed by atoms with E-state index in [1.54, 1.807) is 0 Å². The fraction of sp³-hybridized carbons (Fsp3) is 0.667. The maximum atomic E-state index is 2.41. The summed E-state index contributed by atoms with van der Waals surface area (Å²) in [4.78, 5) is 0. The van der Waals surface area contributed by atoms with Crippen molar-refractivity contribution in [2.75, 3.05) is 0 Å². The van der Waals surface area contributed by atoms with E-state index >= 15 is 0 Å². The fourth-order valence-electron chi connectivity index (χ4n) is 2.10. The van der Waals surface area contributed by atoms with E-state index in [1.807, 2.05) is 0 Å². The van der Waals surface area contributed by atoms with Crippen molar-refractivity contribution in [2.45, 2.75) is 67.2 Å². The molecule has 1 rings (SSSR count). The Bertz CT molecular complexity index is 352. The minimum absolute atomic E-state index is 0.323. The van der Waals surface area contributed by atoms with Gasteiger partial charge < -0.3 is 0 Å². The van der Waals surface area contributed by atoms with Crippen LogP contribution in [0, 0.1) is 10.8 Å². The Hall–Kier alpha value is -0.780. The first-order valence-electron chi connectivity index (χ1n) is 7.13. The van der Waals surface area contributed by atoms with E-state index in [4.69, 9.17) is 0 Å². The largest absolute Gasteiger partial charge is 0.0617 e. The van der Waals surface area contributed by atoms with Crippen molar-refractivity contribution in [3.8, 4) is 0 Å². The van der Waals surface area contributed by atoms with Gasteiger partial charge in [0.15, 0.2) is 0 Å². The Morgan fingerprint density at radius 3 is 1.33 bits per heavy atom. The highest BCUT2D eigenvalue weighted by Crippen LogP contribution is 2.38. The van der Waals surface area contributed by atoms with Gasteiger partial charge in [-0.05, 0) is 33.8 Å². The normalized spacial score (nSPS) is 16.4. The predicted octanol–water partition coefficient (Wildman–Crippen LogP) is 5.99. The zero-order chi connectivity index (χ0) is 14.1. The van der Waals surface area contributed by atoms with E-state index in [-0.39, 0.29) is 0 Å². The summed E-state index contributed by atoms with van der Waals surface area (Å²) in [5.74, 6) is 1.18. The van der Waals surface area contributed by atoms with Crippen LogP contribution in [0.2, 0.25) is 0 Å². The maximum absolute atomic E-state index is 2.41. The highest BCUT2D eigenvalue weighted by molar-refractivity contribution is 5.30. The van der Waals surface area contributed by atoms with Gasteiger partial charge in [0, 0.05) is 0 Å². The summed E-state index contributed by atoms with van der Waals surface area (Å²) in [5, 5.41) is 0. The second kappa shape index (κ2) is 5.07. The molecule has 0 saturated carbocycles. The molecule has 18 heavy (non-hydrogen) atoms. The Balaban J connectivity index is 3.07. The topological polar surface area (TPSA) is 0 Å². The average molecular weight is 246 g/mol. The van der Waals surface area contributed by atoms with Gasteiger partial charge in [-0.3, -0.25) is 0 Å². The molecule has 0 aliphatic rings. The highest BCUT2D eigenvalue weighted by atomic mass is 14.3. The van der Waals surface area contributed by atoms with Gasteiger partial charge in [-0.2, -0.15) is 0 Å². The van der Waals surface area contributed by atoms with E-state index in [9.17, 15) is 0 Å². The van der Waals surface area contributed by atoms with Crippen molar-refractivity contribution < 1.29 is 0 Å². The van der Waals surface area contributed by atoms with Gasteiger partial charge >= 0.3 is 0 Å². The van der Waals surface area contributed by atoms with Gasteiger partial charge in [-0.1, -0.05) is 79.7 Å². The third kappa shape index (κ3) is 3.60. The molecule has 0 aliphatic carbocycles. The summed E-state index contributed by atoms with van der Waals surface area (Å²) < 4.78 is 0. The number of rotatable bonds is 2. The van der Waals surface area contributed by atoms with Gasteiger partial charge in [-0.15, -0.1) is 0 Å². The van der Waals surface area contributed by atoms with Crippen LogP contribution in [-0.4, -0.2) is 0 Å². The number of hydrogen-bond donors (Lipinski definition) is 0. The molecule has 0 aliphatic heterocycles. The van der Waals surface area contributed by atoms with E-state index in [0.29, 0.717) is 22.7 Å². The van der Waals surface area contributed by atoms with Crippen LogP contribution in [0.15, 0.2) is 24.3 Å². The van der Waals surface area contributed by atoms with Crippen LogP contribution in [0.4, 0.5) is 0 Å². The molecule has 2 atom stereocenters. The summed E-state index contributed by atoms with van der Waals surface area (Å²) in [6, 6.07) is 9.17. The third-order valence-corrected chi connectivity index (χ3v) is 4.51. The zero-order valence-corrected chi connectivity index (χ0v) is 13.5. The molecule has 1 aromatic rings. The molecule has 0 heterocycles. The Kier molecular flexibility index (Phi) is 4.30. The minimum atomic E-state index is 0.323. The molecule has 1 aromatic carbocycles. The van der Waals surface area contributed by atoms with Crippen LogP contribution in [0.5, 0.6) is 0 Å². The number of benzene rings is 1. The van der Waals surface area contributed by atoms with E-state index in [1.165, 1.54) is 11.1 Å². The third-order valence-electron chi connectivity index (χ3n) is 4.51. The molecule has 0 radical (unpaired) electrons. The SMILES string of the molecule is CC(c1cccc(C(C)C(C)(C)C)c1)C(C)(C)C. The summed E-state index contributed by atoms with van der Waals surface area (Å²) in [6.07, 6.45) is 0. The van der Waals surface area contributed by atoms with E-state index in [2.05, 4.69) is 79.7 Å². The molecule has 0 aromatic heterocycles. The molecule has 0 saturated heterocycles. The Morgan fingerprint density at radius 2 is 1.06 bits per heavy atom. The zero-order valence-electron chi connectivity index (χ0n) is 13.5. The van der Waals surface area contributed by atoms with Crippen molar-refractivity contribution in [1.29, 1.82) is 0 Å². The van der Waals surface area contributed by atoms with Crippen molar-refractivity contribution in [1.82, 2.24) is 0 Å². The fourth-order valence-corrected chi connectivity index (χ4v) is 2.10. The first-order chi connectivity index (χ1) is 8.03. The Morgan fingerprint density at radius 1 is 0.722 bits per heavy atom. The molecular weight excluding hydrogens is 216 g/mol. The first kappa shape index (κ1) is 15.3. The smallest absolute Gasteiger partial charge is 0.0142 e. The van der Waals surface area contributed by atoms with Gasteiger partial charge in [0.25, 0.3) is 0 Å². The summed E-state index contributed by atoms with van der Waals surface area (Å²) >= 11 is 0. The van der Waals surface area contributed by atoms with Crippen LogP contribution >= 0.6 is 0 Å². The molecular formula is C18H30. The molecule has 0 heteroatoms. The summed E-state index contributed by atoms with van der Waals surface area (Å²) in [5.41, 5.74) is 3.58. The van der Waals surface area contributed by atoms with Crippen LogP contribution < -0.4 is 0 Å². The lowest BCUT2D eigenvalue weighted by molar-refractivity contribution is 0.332. The second-order valence-corrected chi connectivity index (χ2v) is 7.85. The van der Waals surface area contributed by atoms with Gasteiger partial charge in [0.05, 0.1) is 0 Å². The lowest BCUT2D eigenvalue weighted by atomic mass is 9.74. The standard InChI is InChI=1S/C18H30/c1-13(17(3,4)5)15-10-9-11-16(12-15)14(2)18(6,7)8/h9-14H,1-8H3. The predicted molar refractivity (Wildman–Crippen MR) is 82.2 cm³/mol. The molecule has 0 amide bonds. The maximum Gasteiger partial charge on any atom is -0.0142 e. The lowest BCUT2D eigenvalue weighted by Crippen LogP contribution is -2.18. The summed E-state index contributed by atoms with van der Waals surface area (Å²) in [7, 11) is 0. The van der Waals surface area contributed by atoms with E-state index < -0.39 is 0 Å². The van der Waals surface area contributed by atoms with Gasteiger partial charge in [-0.25, -0.2) is 0 Å². The molecule has 2 unspecified atom stereocenters. The Labute approximate surface area is 114 Å². The quantitative estimate of drug-likeness (QED) is 0.601. The monoisotopic (exact) mass is 246 g/mol. The number of hydrogen-bond acceptors (Lipinski definition) is 0. The van der Waals surface area contributed by atoms with Crippen molar-refractivity contribution >= 4 is 0 Å². The van der Waals surface area contributed by atoms with Crippen molar-refractivity contribution in [3.63, 3.8) is 0 Å². The van der Waals surface area contributed by atoms with E-state index in [0.717, 1.165) is 0 Å². The molecule has 0 nitrogen and oxygen atoms in total. The first-order valence-corrected chi connectivity index (χ1v) is 7.13. The van der Waals surface area contributed by atoms with Crippen LogP contribution in [0.1, 0.15) is 78.4 Å². The van der Waals surface area contributed by atoms with Crippen LogP contribution in [0.25, 0.3) is 0 Å². The molecule has 102 valence electrons. The van der Waals surface area contributed by atoms with Crippen molar-refractivity contribution in [3.05, 3.63) is 35.4 Å². The minimum Gasteiger partial charge on any atom is -0.0617 e. The lowest BCUT2D eigenvalue weighted by Gasteiger charge is -2.31. The van der Waals surface area contributed by atoms with Crippen LogP contribution in [-0.2, 0) is 0 Å². The molecule has 0 fully saturated rings. The summed E-state index contributed by atoms with van der Waals surface area (Å²) in [6.45, 7) is 18.6.